The number of Topliss-reactive ketones (excluding diaryl/α,β-unsaturated/α-hetero) is 1. The average Bonchev–Trinajstić information content (AvgIpc) is 2.71. The molecule has 0 bridgehead atoms. The maximum atomic E-state index is 11.6. The zero-order valence-electron chi connectivity index (χ0n) is 9.38. The quantitative estimate of drug-likeness (QED) is 0.726. The molecule has 0 aromatic rings. The second-order valence-corrected chi connectivity index (χ2v) is 4.01. The van der Waals surface area contributed by atoms with Gasteiger partial charge in [0.2, 0.25) is 0 Å². The molecule has 1 saturated heterocycles. The van der Waals surface area contributed by atoms with Gasteiger partial charge in [0.25, 0.3) is 0 Å². The van der Waals surface area contributed by atoms with Crippen molar-refractivity contribution in [1.29, 1.82) is 0 Å². The molecule has 1 fully saturated rings. The number of nitrogens with one attached hydrogen (secondary N) is 1. The van der Waals surface area contributed by atoms with Crippen LogP contribution in [0.1, 0.15) is 33.1 Å². The highest BCUT2D eigenvalue weighted by molar-refractivity contribution is 5.81. The van der Waals surface area contributed by atoms with Crippen molar-refractivity contribution in [2.75, 3.05) is 13.7 Å². The van der Waals surface area contributed by atoms with E-state index in [4.69, 9.17) is 4.74 Å². The molecule has 3 heteroatoms. The van der Waals surface area contributed by atoms with E-state index in [2.05, 4.69) is 5.32 Å². The Morgan fingerprint density at radius 2 is 2.36 bits per heavy atom. The van der Waals surface area contributed by atoms with Crippen molar-refractivity contribution in [3.8, 4) is 0 Å². The Morgan fingerprint density at radius 1 is 1.64 bits per heavy atom. The van der Waals surface area contributed by atoms with Crippen molar-refractivity contribution in [2.24, 2.45) is 5.92 Å². The van der Waals surface area contributed by atoms with E-state index in [0.29, 0.717) is 18.2 Å². The maximum Gasteiger partial charge on any atom is 0.138 e. The summed E-state index contributed by atoms with van der Waals surface area (Å²) in [5.41, 5.74) is 0. The van der Waals surface area contributed by atoms with Crippen LogP contribution in [-0.2, 0) is 9.53 Å². The van der Waals surface area contributed by atoms with Gasteiger partial charge in [-0.3, -0.25) is 4.79 Å². The van der Waals surface area contributed by atoms with E-state index >= 15 is 0 Å². The minimum Gasteiger partial charge on any atom is -0.379 e. The summed E-state index contributed by atoms with van der Waals surface area (Å²) >= 11 is 0. The largest absolute Gasteiger partial charge is 0.379 e. The Bertz CT molecular complexity index is 188. The van der Waals surface area contributed by atoms with Crippen molar-refractivity contribution < 1.29 is 9.53 Å². The summed E-state index contributed by atoms with van der Waals surface area (Å²) in [7, 11) is 1.70. The number of methoxy groups -OCH3 is 1. The fourth-order valence-electron chi connectivity index (χ4n) is 2.21. The number of rotatable bonds is 5. The minimum absolute atomic E-state index is 0.0144. The lowest BCUT2D eigenvalue weighted by Gasteiger charge is -2.27. The molecule has 3 nitrogen and oxygen atoms in total. The molecule has 1 aliphatic heterocycles. The number of carbonyl (C=O) groups excluding carboxylic acids is 1. The van der Waals surface area contributed by atoms with Gasteiger partial charge >= 0.3 is 0 Å². The molecule has 14 heavy (non-hydrogen) atoms. The van der Waals surface area contributed by atoms with Crippen molar-refractivity contribution in [1.82, 2.24) is 5.32 Å². The Kier molecular flexibility index (Phi) is 4.55. The van der Waals surface area contributed by atoms with E-state index in [1.807, 2.05) is 13.8 Å². The van der Waals surface area contributed by atoms with Crippen molar-refractivity contribution in [2.45, 2.75) is 45.3 Å². The van der Waals surface area contributed by atoms with Crippen LogP contribution in [-0.4, -0.2) is 31.6 Å². The molecule has 1 aliphatic rings. The van der Waals surface area contributed by atoms with Gasteiger partial charge in [0.15, 0.2) is 0 Å². The lowest BCUT2D eigenvalue weighted by molar-refractivity contribution is -0.127. The molecule has 1 N–H and O–H groups in total. The summed E-state index contributed by atoms with van der Waals surface area (Å²) in [5, 5.41) is 3.39. The second kappa shape index (κ2) is 5.47. The molecule has 0 aromatic carbocycles. The SMILES string of the molecule is CCC(=O)[C@H](C)[C@@H](OC)[C@@H]1CCCN1. The van der Waals surface area contributed by atoms with Crippen LogP contribution in [0.4, 0.5) is 0 Å². The molecule has 1 heterocycles. The van der Waals surface area contributed by atoms with Gasteiger partial charge in [-0.05, 0) is 19.4 Å². The number of hydrogen-bond donors (Lipinski definition) is 1. The zero-order valence-corrected chi connectivity index (χ0v) is 9.38. The fourth-order valence-corrected chi connectivity index (χ4v) is 2.21. The molecule has 0 saturated carbocycles. The van der Waals surface area contributed by atoms with E-state index in [-0.39, 0.29) is 12.0 Å². The number of ether oxygens (including phenoxy) is 1. The molecule has 82 valence electrons. The Balaban J connectivity index is 2.55. The van der Waals surface area contributed by atoms with Gasteiger partial charge in [-0.15, -0.1) is 0 Å². The monoisotopic (exact) mass is 199 g/mol. The molecule has 0 spiro atoms. The van der Waals surface area contributed by atoms with Gasteiger partial charge in [-0.25, -0.2) is 0 Å². The van der Waals surface area contributed by atoms with Crippen LogP contribution in [0.2, 0.25) is 0 Å². The van der Waals surface area contributed by atoms with Gasteiger partial charge in [0.1, 0.15) is 5.78 Å². The molecule has 0 amide bonds. The third kappa shape index (κ3) is 2.55. The number of hydrogen-bond acceptors (Lipinski definition) is 3. The average molecular weight is 199 g/mol. The highest BCUT2D eigenvalue weighted by Crippen LogP contribution is 2.19. The van der Waals surface area contributed by atoms with E-state index in [9.17, 15) is 4.79 Å². The van der Waals surface area contributed by atoms with Crippen LogP contribution in [0.25, 0.3) is 0 Å². The van der Waals surface area contributed by atoms with Crippen molar-refractivity contribution in [3.05, 3.63) is 0 Å². The molecule has 1 rings (SSSR count). The van der Waals surface area contributed by atoms with Crippen LogP contribution < -0.4 is 5.32 Å². The van der Waals surface area contributed by atoms with Gasteiger partial charge in [-0.1, -0.05) is 13.8 Å². The molecule has 3 atom stereocenters. The third-order valence-corrected chi connectivity index (χ3v) is 3.12. The first kappa shape index (κ1) is 11.7. The molecular formula is C11H21NO2. The van der Waals surface area contributed by atoms with E-state index in [1.165, 1.54) is 6.42 Å². The summed E-state index contributed by atoms with van der Waals surface area (Å²) in [6.45, 7) is 4.94. The normalized spacial score (nSPS) is 26.1. The molecular weight excluding hydrogens is 178 g/mol. The Labute approximate surface area is 86.2 Å². The lowest BCUT2D eigenvalue weighted by atomic mass is 9.92. The highest BCUT2D eigenvalue weighted by atomic mass is 16.5. The Morgan fingerprint density at radius 3 is 2.79 bits per heavy atom. The first-order valence-electron chi connectivity index (χ1n) is 5.49. The molecule has 0 radical (unpaired) electrons. The van der Waals surface area contributed by atoms with Gasteiger partial charge in [0.05, 0.1) is 6.10 Å². The van der Waals surface area contributed by atoms with Crippen LogP contribution in [0.3, 0.4) is 0 Å². The van der Waals surface area contributed by atoms with Crippen LogP contribution in [0, 0.1) is 5.92 Å². The maximum absolute atomic E-state index is 11.6. The molecule has 0 aromatic heterocycles. The fraction of sp³-hybridized carbons (Fsp3) is 0.909. The van der Waals surface area contributed by atoms with Gasteiger partial charge in [-0.2, -0.15) is 0 Å². The molecule has 0 unspecified atom stereocenters. The van der Waals surface area contributed by atoms with Crippen LogP contribution in [0.15, 0.2) is 0 Å². The summed E-state index contributed by atoms with van der Waals surface area (Å²) < 4.78 is 5.44. The standard InChI is InChI=1S/C11H21NO2/c1-4-10(13)8(2)11(14-3)9-6-5-7-12-9/h8-9,11-12H,4-7H2,1-3H3/t8-,9-,11+/m0/s1. The third-order valence-electron chi connectivity index (χ3n) is 3.12. The summed E-state index contributed by atoms with van der Waals surface area (Å²) in [4.78, 5) is 11.6. The van der Waals surface area contributed by atoms with E-state index < -0.39 is 0 Å². The van der Waals surface area contributed by atoms with Gasteiger partial charge < -0.3 is 10.1 Å². The van der Waals surface area contributed by atoms with Crippen LogP contribution in [0.5, 0.6) is 0 Å². The van der Waals surface area contributed by atoms with E-state index in [0.717, 1.165) is 13.0 Å². The highest BCUT2D eigenvalue weighted by Gasteiger charge is 2.31. The smallest absolute Gasteiger partial charge is 0.138 e. The first-order chi connectivity index (χ1) is 6.70. The number of ketones is 1. The summed E-state index contributed by atoms with van der Waals surface area (Å²) in [6.07, 6.45) is 2.97. The summed E-state index contributed by atoms with van der Waals surface area (Å²) in [6, 6.07) is 0.366. The summed E-state index contributed by atoms with van der Waals surface area (Å²) in [5.74, 6) is 0.311. The van der Waals surface area contributed by atoms with Crippen molar-refractivity contribution in [3.63, 3.8) is 0 Å². The van der Waals surface area contributed by atoms with Crippen LogP contribution >= 0.6 is 0 Å². The predicted octanol–water partition coefficient (Wildman–Crippen LogP) is 1.37. The van der Waals surface area contributed by atoms with Crippen molar-refractivity contribution >= 4 is 5.78 Å². The zero-order chi connectivity index (χ0) is 10.6. The minimum atomic E-state index is 0.0144. The predicted molar refractivity (Wildman–Crippen MR) is 56.3 cm³/mol. The first-order valence-corrected chi connectivity index (χ1v) is 5.49. The number of carbonyl (C=O) groups is 1. The second-order valence-electron chi connectivity index (χ2n) is 4.01. The molecule has 0 aliphatic carbocycles. The lowest BCUT2D eigenvalue weighted by Crippen LogP contribution is -2.42. The topological polar surface area (TPSA) is 38.3 Å². The Hall–Kier alpha value is -0.410. The van der Waals surface area contributed by atoms with Gasteiger partial charge in [0, 0.05) is 25.5 Å². The van der Waals surface area contributed by atoms with E-state index in [1.54, 1.807) is 7.11 Å².